The lowest BCUT2D eigenvalue weighted by molar-refractivity contribution is 0.0424. The molecule has 0 spiro atoms. The Balaban J connectivity index is 2.74. The van der Waals surface area contributed by atoms with Crippen LogP contribution < -0.4 is 10.6 Å². The highest BCUT2D eigenvalue weighted by atomic mass is 32.1. The molecule has 1 aromatic rings. The zero-order chi connectivity index (χ0) is 17.0. The largest absolute Gasteiger partial charge is 0.444 e. The summed E-state index contributed by atoms with van der Waals surface area (Å²) >= 11 is 1.30. The van der Waals surface area contributed by atoms with E-state index in [2.05, 4.69) is 15.6 Å². The van der Waals surface area contributed by atoms with E-state index in [-0.39, 0.29) is 0 Å². The number of hydrogen-bond donors (Lipinski definition) is 2. The summed E-state index contributed by atoms with van der Waals surface area (Å²) in [5, 5.41) is 7.41. The molecule has 2 amide bonds. The second kappa shape index (κ2) is 6.95. The number of carbonyl (C=O) groups excluding carboxylic acids is 2. The lowest BCUT2D eigenvalue weighted by Crippen LogP contribution is -2.44. The van der Waals surface area contributed by atoms with Gasteiger partial charge in [-0.2, -0.15) is 0 Å². The molecule has 1 rings (SSSR count). The normalized spacial score (nSPS) is 12.0. The summed E-state index contributed by atoms with van der Waals surface area (Å²) in [5.41, 5.74) is -1.27. The summed E-state index contributed by atoms with van der Waals surface area (Å²) in [6, 6.07) is 0. The van der Waals surface area contributed by atoms with E-state index >= 15 is 0 Å². The number of hydrogen-bond acceptors (Lipinski definition) is 6. The minimum atomic E-state index is -0.815. The number of ether oxygens (including phenoxy) is 2. The fourth-order valence-corrected chi connectivity index (χ4v) is 2.02. The van der Waals surface area contributed by atoms with Gasteiger partial charge in [-0.05, 0) is 41.5 Å². The van der Waals surface area contributed by atoms with Crippen molar-refractivity contribution >= 4 is 23.5 Å². The molecule has 0 aliphatic carbocycles. The smallest absolute Gasteiger partial charge is 0.409 e. The number of nitrogens with zero attached hydrogens (tertiary/aromatic N) is 1. The van der Waals surface area contributed by atoms with E-state index in [4.69, 9.17) is 9.47 Å². The molecule has 124 valence electrons. The Kier molecular flexibility index (Phi) is 5.76. The second-order valence-corrected chi connectivity index (χ2v) is 7.52. The fraction of sp³-hybridized carbons (Fsp3) is 0.643. The van der Waals surface area contributed by atoms with Crippen LogP contribution in [0.1, 0.15) is 52.7 Å². The van der Waals surface area contributed by atoms with Crippen LogP contribution in [0.2, 0.25) is 0 Å². The number of thiazole rings is 1. The van der Waals surface area contributed by atoms with E-state index in [9.17, 15) is 9.59 Å². The van der Waals surface area contributed by atoms with Crippen LogP contribution >= 0.6 is 11.3 Å². The van der Waals surface area contributed by atoms with Gasteiger partial charge in [0.15, 0.2) is 6.17 Å². The van der Waals surface area contributed by atoms with E-state index in [0.29, 0.717) is 5.01 Å². The minimum Gasteiger partial charge on any atom is -0.444 e. The van der Waals surface area contributed by atoms with Crippen LogP contribution in [0.25, 0.3) is 0 Å². The third-order valence-electron chi connectivity index (χ3n) is 2.02. The maximum Gasteiger partial charge on any atom is 0.409 e. The van der Waals surface area contributed by atoms with E-state index in [1.54, 1.807) is 53.1 Å². The topological polar surface area (TPSA) is 89.6 Å². The van der Waals surface area contributed by atoms with Crippen LogP contribution in [-0.4, -0.2) is 28.4 Å². The Morgan fingerprint density at radius 3 is 1.82 bits per heavy atom. The first-order valence-electron chi connectivity index (χ1n) is 6.85. The van der Waals surface area contributed by atoms with Gasteiger partial charge in [-0.1, -0.05) is 0 Å². The number of alkyl carbamates (subject to hydrolysis) is 2. The van der Waals surface area contributed by atoms with Crippen LogP contribution in [0.5, 0.6) is 0 Å². The third kappa shape index (κ3) is 7.26. The molecule has 0 aliphatic heterocycles. The fourth-order valence-electron chi connectivity index (χ4n) is 1.39. The number of amides is 2. The summed E-state index contributed by atoms with van der Waals surface area (Å²) in [5.74, 6) is 0. The van der Waals surface area contributed by atoms with Gasteiger partial charge >= 0.3 is 12.2 Å². The van der Waals surface area contributed by atoms with Crippen molar-refractivity contribution < 1.29 is 19.1 Å². The quantitative estimate of drug-likeness (QED) is 0.831. The lowest BCUT2D eigenvalue weighted by atomic mass is 10.2. The highest BCUT2D eigenvalue weighted by Gasteiger charge is 2.25. The molecule has 0 aromatic carbocycles. The Bertz CT molecular complexity index is 473. The van der Waals surface area contributed by atoms with E-state index < -0.39 is 29.6 Å². The molecule has 8 heteroatoms. The molecular weight excluding hydrogens is 306 g/mol. The Labute approximate surface area is 134 Å². The van der Waals surface area contributed by atoms with Gasteiger partial charge in [-0.3, -0.25) is 10.6 Å². The highest BCUT2D eigenvalue weighted by Crippen LogP contribution is 2.16. The summed E-state index contributed by atoms with van der Waals surface area (Å²) in [6.45, 7) is 10.5. The van der Waals surface area contributed by atoms with Crippen molar-refractivity contribution in [3.8, 4) is 0 Å². The van der Waals surface area contributed by atoms with E-state index in [1.807, 2.05) is 0 Å². The number of carbonyl (C=O) groups is 2. The van der Waals surface area contributed by atoms with Gasteiger partial charge in [0.1, 0.15) is 16.2 Å². The monoisotopic (exact) mass is 329 g/mol. The average molecular weight is 329 g/mol. The van der Waals surface area contributed by atoms with Crippen molar-refractivity contribution in [2.45, 2.75) is 58.9 Å². The van der Waals surface area contributed by atoms with Crippen molar-refractivity contribution in [2.75, 3.05) is 0 Å². The first kappa shape index (κ1) is 18.2. The van der Waals surface area contributed by atoms with E-state index in [1.165, 1.54) is 11.3 Å². The molecule has 0 saturated carbocycles. The van der Waals surface area contributed by atoms with Gasteiger partial charge in [0, 0.05) is 11.6 Å². The van der Waals surface area contributed by atoms with Gasteiger partial charge in [-0.25, -0.2) is 14.6 Å². The number of nitrogens with one attached hydrogen (secondary N) is 2. The van der Waals surface area contributed by atoms with E-state index in [0.717, 1.165) is 0 Å². The lowest BCUT2D eigenvalue weighted by Gasteiger charge is -2.25. The first-order chi connectivity index (χ1) is 9.96. The number of aromatic nitrogens is 1. The van der Waals surface area contributed by atoms with Crippen LogP contribution in [0, 0.1) is 0 Å². The van der Waals surface area contributed by atoms with Gasteiger partial charge < -0.3 is 9.47 Å². The predicted octanol–water partition coefficient (Wildman–Crippen LogP) is 3.19. The average Bonchev–Trinajstić information content (AvgIpc) is 2.75. The van der Waals surface area contributed by atoms with Crippen LogP contribution in [0.3, 0.4) is 0 Å². The van der Waals surface area contributed by atoms with Gasteiger partial charge in [0.05, 0.1) is 0 Å². The minimum absolute atomic E-state index is 0.525. The molecule has 0 aliphatic rings. The number of rotatable bonds is 3. The molecule has 0 radical (unpaired) electrons. The second-order valence-electron chi connectivity index (χ2n) is 6.60. The van der Waals surface area contributed by atoms with Crippen LogP contribution in [-0.2, 0) is 9.47 Å². The Morgan fingerprint density at radius 1 is 1.05 bits per heavy atom. The summed E-state index contributed by atoms with van der Waals surface area (Å²) in [7, 11) is 0. The zero-order valence-corrected chi connectivity index (χ0v) is 14.5. The SMILES string of the molecule is CC(C)(C)OC(=O)NC(NC(=O)OC(C)(C)C)c1nccs1. The molecule has 0 saturated heterocycles. The molecule has 0 fully saturated rings. The molecule has 22 heavy (non-hydrogen) atoms. The maximum atomic E-state index is 11.9. The molecule has 0 bridgehead atoms. The molecular formula is C14H23N3O4S. The van der Waals surface area contributed by atoms with Crippen molar-refractivity contribution in [1.29, 1.82) is 0 Å². The van der Waals surface area contributed by atoms with Crippen molar-refractivity contribution in [2.24, 2.45) is 0 Å². The molecule has 1 heterocycles. The molecule has 0 unspecified atom stereocenters. The molecule has 2 N–H and O–H groups in total. The zero-order valence-electron chi connectivity index (χ0n) is 13.7. The third-order valence-corrected chi connectivity index (χ3v) is 2.86. The van der Waals surface area contributed by atoms with Crippen LogP contribution in [0.4, 0.5) is 9.59 Å². The van der Waals surface area contributed by atoms with Crippen molar-refractivity contribution in [3.05, 3.63) is 16.6 Å². The molecule has 1 aromatic heterocycles. The van der Waals surface area contributed by atoms with Gasteiger partial charge in [-0.15, -0.1) is 11.3 Å². The maximum absolute atomic E-state index is 11.9. The predicted molar refractivity (Wildman–Crippen MR) is 83.6 cm³/mol. The highest BCUT2D eigenvalue weighted by molar-refractivity contribution is 7.09. The van der Waals surface area contributed by atoms with Gasteiger partial charge in [0.25, 0.3) is 0 Å². The first-order valence-corrected chi connectivity index (χ1v) is 7.73. The standard InChI is InChI=1S/C14H23N3O4S/c1-13(2,3)20-11(18)16-9(10-15-7-8-22-10)17-12(19)21-14(4,5)6/h7-9H,1-6H3,(H,16,18)(H,17,19). The summed E-state index contributed by atoms with van der Waals surface area (Å²) < 4.78 is 10.4. The Morgan fingerprint density at radius 2 is 1.50 bits per heavy atom. The Hall–Kier alpha value is -1.83. The molecule has 0 atom stereocenters. The summed E-state index contributed by atoms with van der Waals surface area (Å²) in [6.07, 6.45) is -0.530. The van der Waals surface area contributed by atoms with Crippen LogP contribution in [0.15, 0.2) is 11.6 Å². The van der Waals surface area contributed by atoms with Crippen molar-refractivity contribution in [3.63, 3.8) is 0 Å². The summed E-state index contributed by atoms with van der Waals surface area (Å²) in [4.78, 5) is 27.9. The van der Waals surface area contributed by atoms with Crippen molar-refractivity contribution in [1.82, 2.24) is 15.6 Å². The molecule has 7 nitrogen and oxygen atoms in total. The van der Waals surface area contributed by atoms with Gasteiger partial charge in [0.2, 0.25) is 0 Å².